The summed E-state index contributed by atoms with van der Waals surface area (Å²) in [4.78, 5) is 11.0. The Morgan fingerprint density at radius 3 is 2.69 bits per heavy atom. The number of alkyl halides is 1. The molecule has 0 aromatic carbocycles. The molecule has 0 radical (unpaired) electrons. The van der Waals surface area contributed by atoms with Crippen molar-refractivity contribution in [1.29, 1.82) is 0 Å². The lowest BCUT2D eigenvalue weighted by atomic mass is 10.3. The van der Waals surface area contributed by atoms with Crippen LogP contribution in [0.2, 0.25) is 0 Å². The monoisotopic (exact) mass is 314 g/mol. The Morgan fingerprint density at radius 1 is 1.56 bits per heavy atom. The zero-order valence-corrected chi connectivity index (χ0v) is 11.3. The second-order valence-electron chi connectivity index (χ2n) is 3.53. The van der Waals surface area contributed by atoms with Crippen LogP contribution in [-0.2, 0) is 14.9 Å². The van der Waals surface area contributed by atoms with Crippen molar-refractivity contribution in [2.45, 2.75) is 24.6 Å². The van der Waals surface area contributed by atoms with Crippen molar-refractivity contribution in [2.24, 2.45) is 5.92 Å². The van der Waals surface area contributed by atoms with Crippen molar-refractivity contribution in [3.63, 3.8) is 0 Å². The number of nitrogens with one attached hydrogen (secondary N) is 2. The van der Waals surface area contributed by atoms with Gasteiger partial charge in [-0.3, -0.25) is 0 Å². The standard InChI is InChI=1S/C8H15BrN2O4S/c1-2-15-8(12)11-16(13,14)10-5-7(9)6-3-4-6/h6-7,10H,2-5H2,1H3,(H,11,12). The van der Waals surface area contributed by atoms with Crippen molar-refractivity contribution in [1.82, 2.24) is 9.44 Å². The number of hydrogen-bond acceptors (Lipinski definition) is 4. The summed E-state index contributed by atoms with van der Waals surface area (Å²) in [6.45, 7) is 1.99. The number of carbonyl (C=O) groups excluding carboxylic acids is 1. The molecule has 94 valence electrons. The van der Waals surface area contributed by atoms with Crippen molar-refractivity contribution >= 4 is 32.2 Å². The van der Waals surface area contributed by atoms with E-state index in [9.17, 15) is 13.2 Å². The van der Waals surface area contributed by atoms with E-state index >= 15 is 0 Å². The fourth-order valence-corrected chi connectivity index (χ4v) is 2.77. The topological polar surface area (TPSA) is 84.5 Å². The van der Waals surface area contributed by atoms with Crippen molar-refractivity contribution in [3.8, 4) is 0 Å². The van der Waals surface area contributed by atoms with E-state index in [0.717, 1.165) is 12.8 Å². The number of ether oxygens (including phenoxy) is 1. The van der Waals surface area contributed by atoms with Gasteiger partial charge in [0.15, 0.2) is 0 Å². The van der Waals surface area contributed by atoms with E-state index in [1.54, 1.807) is 11.6 Å². The van der Waals surface area contributed by atoms with Gasteiger partial charge in [-0.05, 0) is 25.7 Å². The third kappa shape index (κ3) is 5.13. The lowest BCUT2D eigenvalue weighted by Gasteiger charge is -2.11. The van der Waals surface area contributed by atoms with Crippen LogP contribution in [0.3, 0.4) is 0 Å². The number of halogens is 1. The highest BCUT2D eigenvalue weighted by atomic mass is 79.9. The minimum Gasteiger partial charge on any atom is -0.449 e. The van der Waals surface area contributed by atoms with Gasteiger partial charge in [-0.25, -0.2) is 9.52 Å². The van der Waals surface area contributed by atoms with Gasteiger partial charge in [-0.1, -0.05) is 15.9 Å². The highest BCUT2D eigenvalue weighted by Gasteiger charge is 2.30. The Hall–Kier alpha value is -0.340. The minimum absolute atomic E-state index is 0.117. The Labute approximate surface area is 103 Å². The van der Waals surface area contributed by atoms with Crippen LogP contribution in [0.4, 0.5) is 4.79 Å². The van der Waals surface area contributed by atoms with Crippen molar-refractivity contribution in [2.75, 3.05) is 13.2 Å². The Morgan fingerprint density at radius 2 is 2.19 bits per heavy atom. The SMILES string of the molecule is CCOC(=O)NS(=O)(=O)NCC(Br)C1CC1. The fraction of sp³-hybridized carbons (Fsp3) is 0.875. The maximum atomic E-state index is 11.3. The molecule has 0 aromatic rings. The van der Waals surface area contributed by atoms with Crippen LogP contribution in [0.5, 0.6) is 0 Å². The Balaban J connectivity index is 2.30. The molecule has 0 aromatic heterocycles. The van der Waals surface area contributed by atoms with Crippen LogP contribution in [0.15, 0.2) is 0 Å². The molecule has 0 spiro atoms. The Kier molecular flexibility index (Phi) is 5.00. The molecular formula is C8H15BrN2O4S. The lowest BCUT2D eigenvalue weighted by molar-refractivity contribution is 0.158. The van der Waals surface area contributed by atoms with Crippen LogP contribution >= 0.6 is 15.9 Å². The second-order valence-corrected chi connectivity index (χ2v) is 6.20. The third-order valence-electron chi connectivity index (χ3n) is 2.10. The molecule has 1 unspecified atom stereocenters. The van der Waals surface area contributed by atoms with Crippen molar-refractivity contribution in [3.05, 3.63) is 0 Å². The average Bonchev–Trinajstić information content (AvgIpc) is 2.96. The van der Waals surface area contributed by atoms with Gasteiger partial charge in [0, 0.05) is 11.4 Å². The highest BCUT2D eigenvalue weighted by Crippen LogP contribution is 2.36. The van der Waals surface area contributed by atoms with E-state index in [-0.39, 0.29) is 18.0 Å². The summed E-state index contributed by atoms with van der Waals surface area (Å²) in [5.41, 5.74) is 0. The summed E-state index contributed by atoms with van der Waals surface area (Å²) in [6, 6.07) is 0. The van der Waals surface area contributed by atoms with Crippen molar-refractivity contribution < 1.29 is 17.9 Å². The van der Waals surface area contributed by atoms with Gasteiger partial charge < -0.3 is 4.74 Å². The molecule has 1 aliphatic rings. The molecule has 0 aliphatic heterocycles. The predicted molar refractivity (Wildman–Crippen MR) is 62.5 cm³/mol. The molecular weight excluding hydrogens is 300 g/mol. The smallest absolute Gasteiger partial charge is 0.421 e. The quantitative estimate of drug-likeness (QED) is 0.708. The highest BCUT2D eigenvalue weighted by molar-refractivity contribution is 9.09. The molecule has 2 N–H and O–H groups in total. The maximum Gasteiger partial charge on any atom is 0.421 e. The van der Waals surface area contributed by atoms with E-state index in [2.05, 4.69) is 25.4 Å². The zero-order valence-electron chi connectivity index (χ0n) is 8.90. The van der Waals surface area contributed by atoms with E-state index in [1.165, 1.54) is 0 Å². The molecule has 0 bridgehead atoms. The van der Waals surface area contributed by atoms with E-state index in [0.29, 0.717) is 5.92 Å². The number of amides is 1. The lowest BCUT2D eigenvalue weighted by Crippen LogP contribution is -2.42. The molecule has 8 heteroatoms. The van der Waals surface area contributed by atoms with Gasteiger partial charge >= 0.3 is 16.3 Å². The summed E-state index contributed by atoms with van der Waals surface area (Å²) >= 11 is 3.38. The van der Waals surface area contributed by atoms with Crippen LogP contribution in [-0.4, -0.2) is 32.5 Å². The molecule has 16 heavy (non-hydrogen) atoms. The van der Waals surface area contributed by atoms with Gasteiger partial charge in [0.1, 0.15) is 0 Å². The molecule has 0 heterocycles. The summed E-state index contributed by atoms with van der Waals surface area (Å²) in [7, 11) is -3.81. The van der Waals surface area contributed by atoms with Crippen LogP contribution in [0, 0.1) is 5.92 Å². The summed E-state index contributed by atoms with van der Waals surface area (Å²) in [6.07, 6.45) is 1.26. The number of hydrogen-bond donors (Lipinski definition) is 2. The van der Waals surface area contributed by atoms with Gasteiger partial charge in [0.2, 0.25) is 0 Å². The summed E-state index contributed by atoms with van der Waals surface area (Å²) in [5, 5.41) is 0. The maximum absolute atomic E-state index is 11.3. The Bertz CT molecular complexity index is 342. The molecule has 1 atom stereocenters. The molecule has 1 rings (SSSR count). The fourth-order valence-electron chi connectivity index (χ4n) is 1.12. The zero-order chi connectivity index (χ0) is 12.2. The minimum atomic E-state index is -3.81. The third-order valence-corrected chi connectivity index (χ3v) is 4.15. The molecule has 6 nitrogen and oxygen atoms in total. The average molecular weight is 315 g/mol. The summed E-state index contributed by atoms with van der Waals surface area (Å²) in [5.74, 6) is 0.533. The first-order chi connectivity index (χ1) is 7.44. The molecule has 1 amide bonds. The number of rotatable bonds is 6. The van der Waals surface area contributed by atoms with Crippen LogP contribution in [0.1, 0.15) is 19.8 Å². The van der Waals surface area contributed by atoms with Crippen LogP contribution < -0.4 is 9.44 Å². The van der Waals surface area contributed by atoms with Gasteiger partial charge in [-0.2, -0.15) is 13.1 Å². The number of carbonyl (C=O) groups is 1. The first-order valence-corrected chi connectivity index (χ1v) is 7.42. The molecule has 0 saturated heterocycles. The van der Waals surface area contributed by atoms with Gasteiger partial charge in [0.25, 0.3) is 0 Å². The predicted octanol–water partition coefficient (Wildman–Crippen LogP) is 0.740. The van der Waals surface area contributed by atoms with E-state index < -0.39 is 16.3 Å². The molecule has 1 fully saturated rings. The first-order valence-electron chi connectivity index (χ1n) is 5.03. The van der Waals surface area contributed by atoms with Gasteiger partial charge in [0.05, 0.1) is 6.61 Å². The molecule has 1 aliphatic carbocycles. The van der Waals surface area contributed by atoms with Gasteiger partial charge in [-0.15, -0.1) is 0 Å². The van der Waals surface area contributed by atoms with E-state index in [1.807, 2.05) is 0 Å². The molecule has 1 saturated carbocycles. The normalized spacial score (nSPS) is 17.9. The van der Waals surface area contributed by atoms with Crippen LogP contribution in [0.25, 0.3) is 0 Å². The largest absolute Gasteiger partial charge is 0.449 e. The first kappa shape index (κ1) is 13.7. The van der Waals surface area contributed by atoms with E-state index in [4.69, 9.17) is 0 Å². The second kappa shape index (κ2) is 5.83. The summed E-state index contributed by atoms with van der Waals surface area (Å²) < 4.78 is 31.1.